The molecule has 2 nitrogen and oxygen atoms in total. The maximum absolute atomic E-state index is 6.84. The molecule has 0 aliphatic rings. The Bertz CT molecular complexity index is 530. The van der Waals surface area contributed by atoms with Crippen molar-refractivity contribution in [2.45, 2.75) is 0 Å². The van der Waals surface area contributed by atoms with E-state index in [9.17, 15) is 0 Å². The molecule has 1 N–H and O–H groups in total. The first-order valence-electron chi connectivity index (χ1n) is 4.93. The molecule has 0 spiro atoms. The Morgan fingerprint density at radius 3 is 1.88 bits per heavy atom. The molecule has 2 aromatic rings. The first-order valence-corrected chi connectivity index (χ1v) is 4.93. The van der Waals surface area contributed by atoms with Crippen LogP contribution in [0.2, 0.25) is 0 Å². The quantitative estimate of drug-likeness (QED) is 0.545. The van der Waals surface area contributed by atoms with E-state index < -0.39 is 0 Å². The second-order valence-electron chi connectivity index (χ2n) is 3.27. The topological polar surface area (TPSA) is 36.2 Å². The van der Waals surface area contributed by atoms with Gasteiger partial charge in [-0.05, 0) is 36.4 Å². The Morgan fingerprint density at radius 2 is 1.31 bits per heavy atom. The van der Waals surface area contributed by atoms with Crippen molar-refractivity contribution in [1.29, 1.82) is 5.53 Å². The van der Waals surface area contributed by atoms with Crippen molar-refractivity contribution in [3.05, 3.63) is 65.7 Å². The maximum Gasteiger partial charge on any atom is 0.0850 e. The molecule has 2 aromatic carbocycles. The fourth-order valence-corrected chi connectivity index (χ4v) is 1.29. The Kier molecular flexibility index (Phi) is 3.10. The lowest BCUT2D eigenvalue weighted by atomic mass is 10.2. The molecule has 16 heavy (non-hydrogen) atoms. The summed E-state index contributed by atoms with van der Waals surface area (Å²) in [7, 11) is 0. The maximum atomic E-state index is 6.84. The average Bonchev–Trinajstić information content (AvgIpc) is 2.38. The molecule has 0 fully saturated rings. The Morgan fingerprint density at radius 1 is 0.750 bits per heavy atom. The van der Waals surface area contributed by atoms with Crippen LogP contribution in [0.25, 0.3) is 0 Å². The van der Waals surface area contributed by atoms with Crippen LogP contribution in [-0.2, 0) is 0 Å². The molecule has 76 valence electrons. The van der Waals surface area contributed by atoms with Crippen molar-refractivity contribution in [3.63, 3.8) is 0 Å². The van der Waals surface area contributed by atoms with Crippen LogP contribution in [0.1, 0.15) is 11.1 Å². The van der Waals surface area contributed by atoms with Gasteiger partial charge in [0.15, 0.2) is 0 Å². The van der Waals surface area contributed by atoms with Gasteiger partial charge in [-0.2, -0.15) is 5.11 Å². The number of hydrogen-bond donors (Lipinski definition) is 1. The van der Waals surface area contributed by atoms with E-state index >= 15 is 0 Å². The van der Waals surface area contributed by atoms with Gasteiger partial charge in [-0.15, -0.1) is 0 Å². The smallest absolute Gasteiger partial charge is 0.0850 e. The van der Waals surface area contributed by atoms with Crippen molar-refractivity contribution in [2.24, 2.45) is 5.11 Å². The van der Waals surface area contributed by atoms with Gasteiger partial charge in [-0.3, -0.25) is 0 Å². The molecule has 0 bridgehead atoms. The highest BCUT2D eigenvalue weighted by Crippen LogP contribution is 2.11. The Hall–Kier alpha value is -2.40. The van der Waals surface area contributed by atoms with Crippen LogP contribution in [0.15, 0.2) is 59.7 Å². The zero-order valence-corrected chi connectivity index (χ0v) is 8.64. The van der Waals surface area contributed by atoms with E-state index in [-0.39, 0.29) is 0 Å². The lowest BCUT2D eigenvalue weighted by molar-refractivity contribution is 1.15. The fraction of sp³-hybridized carbons (Fsp3) is 0. The highest BCUT2D eigenvalue weighted by Gasteiger charge is 1.89. The zero-order valence-electron chi connectivity index (χ0n) is 8.64. The van der Waals surface area contributed by atoms with Gasteiger partial charge in [0.1, 0.15) is 0 Å². The highest BCUT2D eigenvalue weighted by molar-refractivity contribution is 5.46. The first kappa shape index (κ1) is 10.1. The minimum atomic E-state index is 0.644. The van der Waals surface area contributed by atoms with E-state index in [1.165, 1.54) is 0 Å². The van der Waals surface area contributed by atoms with Gasteiger partial charge >= 0.3 is 0 Å². The fourth-order valence-electron chi connectivity index (χ4n) is 1.29. The first-order chi connectivity index (χ1) is 7.88. The van der Waals surface area contributed by atoms with Crippen LogP contribution in [0.4, 0.5) is 5.69 Å². The van der Waals surface area contributed by atoms with Crippen molar-refractivity contribution in [2.75, 3.05) is 0 Å². The van der Waals surface area contributed by atoms with E-state index in [4.69, 9.17) is 5.53 Å². The minimum absolute atomic E-state index is 0.644. The second-order valence-corrected chi connectivity index (χ2v) is 3.27. The zero-order chi connectivity index (χ0) is 11.2. The highest BCUT2D eigenvalue weighted by atomic mass is 14.9. The van der Waals surface area contributed by atoms with Crippen LogP contribution in [0, 0.1) is 17.4 Å². The van der Waals surface area contributed by atoms with Crippen molar-refractivity contribution in [1.82, 2.24) is 0 Å². The van der Waals surface area contributed by atoms with E-state index in [0.717, 1.165) is 11.1 Å². The summed E-state index contributed by atoms with van der Waals surface area (Å²) >= 11 is 0. The summed E-state index contributed by atoms with van der Waals surface area (Å²) in [5, 5.41) is 3.33. The number of rotatable bonds is 1. The summed E-state index contributed by atoms with van der Waals surface area (Å²) in [6.45, 7) is 0. The van der Waals surface area contributed by atoms with Crippen LogP contribution in [0.5, 0.6) is 0 Å². The lowest BCUT2D eigenvalue weighted by Crippen LogP contribution is -1.74. The molecule has 0 aliphatic carbocycles. The van der Waals surface area contributed by atoms with Crippen LogP contribution in [-0.4, -0.2) is 0 Å². The minimum Gasteiger partial charge on any atom is -0.204 e. The molecule has 0 amide bonds. The number of nitrogens with one attached hydrogen (secondary N) is 1. The van der Waals surface area contributed by atoms with E-state index in [2.05, 4.69) is 17.0 Å². The lowest BCUT2D eigenvalue weighted by Gasteiger charge is -1.91. The van der Waals surface area contributed by atoms with Crippen molar-refractivity contribution < 1.29 is 0 Å². The van der Waals surface area contributed by atoms with E-state index in [1.54, 1.807) is 12.1 Å². The third-order valence-electron chi connectivity index (χ3n) is 2.12. The molecule has 2 rings (SSSR count). The molecule has 0 atom stereocenters. The predicted molar refractivity (Wildman–Crippen MR) is 63.7 cm³/mol. The number of benzene rings is 2. The summed E-state index contributed by atoms with van der Waals surface area (Å²) in [5.41, 5.74) is 9.41. The molecular formula is C14H10N2. The van der Waals surface area contributed by atoms with Gasteiger partial charge < -0.3 is 0 Å². The molecule has 0 aliphatic heterocycles. The third kappa shape index (κ3) is 2.55. The average molecular weight is 206 g/mol. The Labute approximate surface area is 94.5 Å². The van der Waals surface area contributed by atoms with Crippen molar-refractivity contribution in [3.8, 4) is 11.8 Å². The van der Waals surface area contributed by atoms with Gasteiger partial charge in [-0.1, -0.05) is 30.0 Å². The van der Waals surface area contributed by atoms with E-state index in [0.29, 0.717) is 5.69 Å². The molecule has 0 heterocycles. The summed E-state index contributed by atoms with van der Waals surface area (Å²) in [6, 6.07) is 17.1. The molecule has 0 radical (unpaired) electrons. The molecule has 0 saturated carbocycles. The third-order valence-corrected chi connectivity index (χ3v) is 2.12. The number of hydrogen-bond acceptors (Lipinski definition) is 2. The summed E-state index contributed by atoms with van der Waals surface area (Å²) in [4.78, 5) is 0. The molecule has 0 aromatic heterocycles. The summed E-state index contributed by atoms with van der Waals surface area (Å²) in [5.74, 6) is 6.13. The molecular weight excluding hydrogens is 196 g/mol. The Balaban J connectivity index is 2.21. The van der Waals surface area contributed by atoms with Gasteiger partial charge in [0.2, 0.25) is 0 Å². The second kappa shape index (κ2) is 4.90. The summed E-state index contributed by atoms with van der Waals surface area (Å²) < 4.78 is 0. The standard InChI is InChI=1S/C14H10N2/c15-16-14-10-8-13(9-11-14)7-6-12-4-2-1-3-5-12/h1-5,8-11,15H. The van der Waals surface area contributed by atoms with Crippen LogP contribution < -0.4 is 0 Å². The van der Waals surface area contributed by atoms with Gasteiger partial charge in [0.05, 0.1) is 5.69 Å². The molecule has 0 saturated heterocycles. The summed E-state index contributed by atoms with van der Waals surface area (Å²) in [6.07, 6.45) is 0. The van der Waals surface area contributed by atoms with Crippen LogP contribution >= 0.6 is 0 Å². The van der Waals surface area contributed by atoms with Gasteiger partial charge in [-0.25, -0.2) is 5.53 Å². The molecule has 2 heteroatoms. The van der Waals surface area contributed by atoms with Gasteiger partial charge in [0, 0.05) is 11.1 Å². The van der Waals surface area contributed by atoms with Crippen molar-refractivity contribution >= 4 is 5.69 Å². The number of nitrogens with zero attached hydrogens (tertiary/aromatic N) is 1. The van der Waals surface area contributed by atoms with Gasteiger partial charge in [0.25, 0.3) is 0 Å². The normalized spacial score (nSPS) is 9.00. The monoisotopic (exact) mass is 206 g/mol. The van der Waals surface area contributed by atoms with Crippen LogP contribution in [0.3, 0.4) is 0 Å². The van der Waals surface area contributed by atoms with E-state index in [1.807, 2.05) is 42.5 Å². The predicted octanol–water partition coefficient (Wildman–Crippen LogP) is 3.75. The SMILES string of the molecule is N=Nc1ccc(C#Cc2ccccc2)cc1. The molecule has 0 unspecified atom stereocenters. The largest absolute Gasteiger partial charge is 0.204 e.